The van der Waals surface area contributed by atoms with Crippen molar-refractivity contribution in [1.29, 1.82) is 0 Å². The number of aromatic nitrogens is 1. The molecule has 0 amide bonds. The number of unbranched alkanes of at least 4 members (excludes halogenated alkanes) is 2. The summed E-state index contributed by atoms with van der Waals surface area (Å²) < 4.78 is 8.50. The first kappa shape index (κ1) is 27.7. The zero-order chi connectivity index (χ0) is 26.8. The van der Waals surface area contributed by atoms with Crippen LogP contribution in [0.2, 0.25) is 0 Å². The molecule has 1 aliphatic heterocycles. The Labute approximate surface area is 217 Å². The maximum atomic E-state index is 12.3. The number of ether oxygens (including phenoxy) is 1. The molecule has 11 nitrogen and oxygen atoms in total. The lowest BCUT2D eigenvalue weighted by Crippen LogP contribution is -2.39. The minimum absolute atomic E-state index is 0.174. The fourth-order valence-electron chi connectivity index (χ4n) is 3.83. The van der Waals surface area contributed by atoms with Gasteiger partial charge in [0.2, 0.25) is 0 Å². The zero-order valence-corrected chi connectivity index (χ0v) is 21.8. The third-order valence-corrected chi connectivity index (χ3v) is 8.48. The number of hydrogen-bond acceptors (Lipinski definition) is 9. The number of nitrogens with two attached hydrogens (primary N) is 1. The SMILES string of the molecule is CCO/N=C(\CC)c1ccc(OCCCCCN2C=CN(c3ccnc(N)c3)S2(C(=O)O)C(=O)O)cc1. The van der Waals surface area contributed by atoms with Crippen LogP contribution in [-0.4, -0.2) is 55.6 Å². The Morgan fingerprint density at radius 3 is 2.41 bits per heavy atom. The number of anilines is 2. The van der Waals surface area contributed by atoms with Gasteiger partial charge in [-0.15, -0.1) is 0 Å². The van der Waals surface area contributed by atoms with Crippen molar-refractivity contribution in [1.82, 2.24) is 9.29 Å². The predicted molar refractivity (Wildman–Crippen MR) is 145 cm³/mol. The fourth-order valence-corrected chi connectivity index (χ4v) is 6.22. The monoisotopic (exact) mass is 531 g/mol. The minimum atomic E-state index is -3.45. The quantitative estimate of drug-likeness (QED) is 0.178. The first-order valence-corrected chi connectivity index (χ1v) is 13.6. The summed E-state index contributed by atoms with van der Waals surface area (Å²) in [5.41, 5.74) is 7.94. The van der Waals surface area contributed by atoms with Crippen LogP contribution in [-0.2, 0) is 4.84 Å². The van der Waals surface area contributed by atoms with Crippen molar-refractivity contribution < 1.29 is 29.4 Å². The molecule has 0 radical (unpaired) electrons. The van der Waals surface area contributed by atoms with Crippen molar-refractivity contribution in [2.24, 2.45) is 5.16 Å². The van der Waals surface area contributed by atoms with Crippen LogP contribution in [0.4, 0.5) is 21.1 Å². The van der Waals surface area contributed by atoms with E-state index in [1.54, 1.807) is 0 Å². The molecule has 0 atom stereocenters. The van der Waals surface area contributed by atoms with E-state index >= 15 is 0 Å². The van der Waals surface area contributed by atoms with Gasteiger partial charge in [0.15, 0.2) is 0 Å². The van der Waals surface area contributed by atoms with Crippen LogP contribution in [0.25, 0.3) is 0 Å². The highest BCUT2D eigenvalue weighted by Gasteiger charge is 2.53. The van der Waals surface area contributed by atoms with E-state index in [9.17, 15) is 19.8 Å². The van der Waals surface area contributed by atoms with Crippen molar-refractivity contribution >= 4 is 38.2 Å². The highest BCUT2D eigenvalue weighted by atomic mass is 32.3. The molecule has 0 spiro atoms. The van der Waals surface area contributed by atoms with E-state index in [1.165, 1.54) is 39.3 Å². The Balaban J connectivity index is 1.53. The summed E-state index contributed by atoms with van der Waals surface area (Å²) in [6.07, 6.45) is 7.24. The second kappa shape index (κ2) is 12.9. The topological polar surface area (TPSA) is 151 Å². The summed E-state index contributed by atoms with van der Waals surface area (Å²) in [6.45, 7) is 5.19. The molecule has 1 aliphatic rings. The molecule has 2 heterocycles. The standard InChI is InChI=1S/C25H33N5O6S/c1-3-22(28-36-4-2)19-8-10-21(11-9-19)35-17-7-5-6-14-29-15-16-30(20-12-13-27-23(26)18-20)37(29,24(31)32)25(33)34/h8-13,15-16,18H,3-7,14,17H2,1-2H3,(H2,26,27)(H,31,32)(H,33,34)/b28-22+. The summed E-state index contributed by atoms with van der Waals surface area (Å²) in [5, 5.41) is 21.4. The Kier molecular flexibility index (Phi) is 9.61. The number of pyridine rings is 1. The average Bonchev–Trinajstić information content (AvgIpc) is 3.28. The second-order valence-electron chi connectivity index (χ2n) is 8.03. The Morgan fingerprint density at radius 2 is 1.78 bits per heavy atom. The van der Waals surface area contributed by atoms with E-state index in [-0.39, 0.29) is 12.4 Å². The smallest absolute Gasteiger partial charge is 0.393 e. The third kappa shape index (κ3) is 6.26. The van der Waals surface area contributed by atoms with Gasteiger partial charge in [-0.2, -0.15) is 0 Å². The largest absolute Gasteiger partial charge is 0.494 e. The highest BCUT2D eigenvalue weighted by molar-refractivity contribution is 8.54. The lowest BCUT2D eigenvalue weighted by Gasteiger charge is -2.42. The molecule has 1 aromatic carbocycles. The van der Waals surface area contributed by atoms with Gasteiger partial charge in [0.25, 0.3) is 0 Å². The normalized spacial score (nSPS) is 15.5. The van der Waals surface area contributed by atoms with Gasteiger partial charge in [-0.1, -0.05) is 12.1 Å². The summed E-state index contributed by atoms with van der Waals surface area (Å²) in [5.74, 6) is 0.915. The third-order valence-electron chi connectivity index (χ3n) is 5.62. The van der Waals surface area contributed by atoms with Gasteiger partial charge < -0.3 is 29.8 Å². The average molecular weight is 532 g/mol. The number of nitrogen functional groups attached to an aromatic ring is 1. The lowest BCUT2D eigenvalue weighted by molar-refractivity contribution is 0.158. The molecule has 1 aromatic heterocycles. The molecular weight excluding hydrogens is 498 g/mol. The van der Waals surface area contributed by atoms with Crippen LogP contribution in [0.3, 0.4) is 0 Å². The molecule has 12 heteroatoms. The number of hydrogen-bond donors (Lipinski definition) is 3. The summed E-state index contributed by atoms with van der Waals surface area (Å²) in [7, 11) is -3.45. The van der Waals surface area contributed by atoms with Crippen molar-refractivity contribution in [3.8, 4) is 5.75 Å². The van der Waals surface area contributed by atoms with Gasteiger partial charge >= 0.3 is 10.6 Å². The van der Waals surface area contributed by atoms with E-state index in [4.69, 9.17) is 15.3 Å². The van der Waals surface area contributed by atoms with Crippen molar-refractivity contribution in [2.45, 2.75) is 39.5 Å². The van der Waals surface area contributed by atoms with Gasteiger partial charge in [-0.05, 0) is 68.5 Å². The maximum Gasteiger partial charge on any atom is 0.393 e. The number of carboxylic acid groups (broad SMARTS) is 2. The van der Waals surface area contributed by atoms with E-state index in [0.717, 1.165) is 36.3 Å². The van der Waals surface area contributed by atoms with Gasteiger partial charge in [-0.3, -0.25) is 4.31 Å². The van der Waals surface area contributed by atoms with E-state index in [1.807, 2.05) is 38.1 Å². The second-order valence-corrected chi connectivity index (χ2v) is 10.7. The number of nitrogens with zero attached hydrogens (tertiary/aromatic N) is 4. The summed E-state index contributed by atoms with van der Waals surface area (Å²) >= 11 is 0. The Hall–Kier alpha value is -3.93. The molecule has 0 saturated carbocycles. The van der Waals surface area contributed by atoms with E-state index in [2.05, 4.69) is 10.1 Å². The first-order valence-electron chi connectivity index (χ1n) is 12.0. The first-order chi connectivity index (χ1) is 17.8. The molecule has 0 fully saturated rings. The molecular formula is C25H33N5O6S. The molecule has 0 aliphatic carbocycles. The summed E-state index contributed by atoms with van der Waals surface area (Å²) in [6, 6.07) is 10.7. The lowest BCUT2D eigenvalue weighted by atomic mass is 10.1. The molecule has 3 rings (SSSR count). The number of oxime groups is 1. The van der Waals surface area contributed by atoms with Crippen molar-refractivity contribution in [3.05, 3.63) is 60.6 Å². The van der Waals surface area contributed by atoms with Crippen LogP contribution >= 0.6 is 10.4 Å². The summed E-state index contributed by atoms with van der Waals surface area (Å²) in [4.78, 5) is 33.7. The molecule has 200 valence electrons. The minimum Gasteiger partial charge on any atom is -0.494 e. The zero-order valence-electron chi connectivity index (χ0n) is 20.9. The van der Waals surface area contributed by atoms with Crippen LogP contribution in [0.5, 0.6) is 5.75 Å². The van der Waals surface area contributed by atoms with Crippen LogP contribution in [0, 0.1) is 0 Å². The number of carbonyl (C=O) groups is 2. The van der Waals surface area contributed by atoms with Gasteiger partial charge in [0, 0.05) is 31.2 Å². The molecule has 37 heavy (non-hydrogen) atoms. The van der Waals surface area contributed by atoms with Crippen LogP contribution < -0.4 is 14.8 Å². The Bertz CT molecular complexity index is 1130. The molecule has 2 aromatic rings. The van der Waals surface area contributed by atoms with Crippen LogP contribution in [0.1, 0.15) is 45.1 Å². The van der Waals surface area contributed by atoms with E-state index < -0.39 is 21.0 Å². The highest BCUT2D eigenvalue weighted by Crippen LogP contribution is 2.61. The van der Waals surface area contributed by atoms with Gasteiger partial charge in [0.05, 0.1) is 18.0 Å². The van der Waals surface area contributed by atoms with Gasteiger partial charge in [-0.25, -0.2) is 14.6 Å². The molecule has 0 unspecified atom stereocenters. The van der Waals surface area contributed by atoms with E-state index in [0.29, 0.717) is 25.3 Å². The van der Waals surface area contributed by atoms with Crippen LogP contribution in [0.15, 0.2) is 60.2 Å². The molecule has 4 N–H and O–H groups in total. The maximum absolute atomic E-state index is 12.3. The van der Waals surface area contributed by atoms with Gasteiger partial charge in [0.1, 0.15) is 28.6 Å². The van der Waals surface area contributed by atoms with Crippen molar-refractivity contribution in [2.75, 3.05) is 29.8 Å². The number of rotatable bonds is 12. The Morgan fingerprint density at radius 1 is 1.05 bits per heavy atom. The fraction of sp³-hybridized carbons (Fsp3) is 0.360. The predicted octanol–water partition coefficient (Wildman–Crippen LogP) is 5.65. The molecule has 0 bridgehead atoms. The van der Waals surface area contributed by atoms with Crippen molar-refractivity contribution in [3.63, 3.8) is 0 Å². The molecule has 0 saturated heterocycles. The number of benzene rings is 1.